The van der Waals surface area contributed by atoms with E-state index < -0.39 is 0 Å². The molecule has 0 saturated carbocycles. The van der Waals surface area contributed by atoms with Crippen LogP contribution in [0.15, 0.2) is 30.5 Å². The first-order valence-corrected chi connectivity index (χ1v) is 5.61. The molecular formula is C14H13N3O2. The summed E-state index contributed by atoms with van der Waals surface area (Å²) in [6.45, 7) is 1.85. The Labute approximate surface area is 111 Å². The van der Waals surface area contributed by atoms with Gasteiger partial charge in [0, 0.05) is 11.6 Å². The highest BCUT2D eigenvalue weighted by Gasteiger charge is 2.07. The summed E-state index contributed by atoms with van der Waals surface area (Å²) in [5.41, 5.74) is 7.49. The van der Waals surface area contributed by atoms with Crippen LogP contribution in [0, 0.1) is 18.3 Å². The lowest BCUT2D eigenvalue weighted by Crippen LogP contribution is -1.95. The van der Waals surface area contributed by atoms with Crippen LogP contribution < -0.4 is 15.2 Å². The molecule has 1 heterocycles. The second-order valence-electron chi connectivity index (χ2n) is 4.00. The zero-order valence-corrected chi connectivity index (χ0v) is 10.7. The summed E-state index contributed by atoms with van der Waals surface area (Å²) < 4.78 is 10.8. The maximum Gasteiger partial charge on any atom is 0.222 e. The third-order valence-electron chi connectivity index (χ3n) is 2.51. The van der Waals surface area contributed by atoms with Crippen molar-refractivity contribution in [2.75, 3.05) is 12.8 Å². The number of nitrogens with zero attached hydrogens (tertiary/aromatic N) is 2. The van der Waals surface area contributed by atoms with E-state index in [1.54, 1.807) is 24.3 Å². The molecule has 2 rings (SSSR count). The molecular weight excluding hydrogens is 242 g/mol. The molecule has 96 valence electrons. The van der Waals surface area contributed by atoms with E-state index in [-0.39, 0.29) is 0 Å². The Balaban J connectivity index is 2.35. The summed E-state index contributed by atoms with van der Waals surface area (Å²) in [5, 5.41) is 8.95. The number of pyridine rings is 1. The third kappa shape index (κ3) is 2.93. The van der Waals surface area contributed by atoms with Gasteiger partial charge in [-0.15, -0.1) is 0 Å². The number of hydrogen-bond acceptors (Lipinski definition) is 5. The highest BCUT2D eigenvalue weighted by Crippen LogP contribution is 2.28. The van der Waals surface area contributed by atoms with Crippen molar-refractivity contribution in [3.05, 3.63) is 41.6 Å². The van der Waals surface area contributed by atoms with Crippen molar-refractivity contribution in [2.24, 2.45) is 0 Å². The first kappa shape index (κ1) is 12.7. The minimum atomic E-state index is 0.450. The Morgan fingerprint density at radius 1 is 1.21 bits per heavy atom. The molecule has 0 radical (unpaired) electrons. The molecule has 19 heavy (non-hydrogen) atoms. The smallest absolute Gasteiger partial charge is 0.222 e. The third-order valence-corrected chi connectivity index (χ3v) is 2.51. The monoisotopic (exact) mass is 255 g/mol. The number of aromatic nitrogens is 1. The highest BCUT2D eigenvalue weighted by molar-refractivity contribution is 5.47. The average molecular weight is 255 g/mol. The van der Waals surface area contributed by atoms with Gasteiger partial charge in [-0.05, 0) is 25.1 Å². The van der Waals surface area contributed by atoms with Crippen molar-refractivity contribution in [1.82, 2.24) is 4.98 Å². The van der Waals surface area contributed by atoms with E-state index in [0.717, 1.165) is 5.56 Å². The Kier molecular flexibility index (Phi) is 3.53. The number of methoxy groups -OCH3 is 1. The number of nitriles is 1. The maximum atomic E-state index is 8.95. The maximum absolute atomic E-state index is 8.95. The Morgan fingerprint density at radius 3 is 2.58 bits per heavy atom. The zero-order valence-electron chi connectivity index (χ0n) is 10.7. The molecule has 0 aliphatic carbocycles. The fraction of sp³-hybridized carbons (Fsp3) is 0.143. The molecule has 0 aliphatic rings. The van der Waals surface area contributed by atoms with Crippen LogP contribution in [0.1, 0.15) is 11.1 Å². The molecule has 2 aromatic rings. The average Bonchev–Trinajstić information content (AvgIpc) is 2.41. The topological polar surface area (TPSA) is 81.2 Å². The molecule has 2 N–H and O–H groups in total. The quantitative estimate of drug-likeness (QED) is 0.911. The van der Waals surface area contributed by atoms with E-state index in [2.05, 4.69) is 11.1 Å². The molecule has 0 unspecified atom stereocenters. The van der Waals surface area contributed by atoms with Crippen LogP contribution in [-0.2, 0) is 0 Å². The summed E-state index contributed by atoms with van der Waals surface area (Å²) in [7, 11) is 1.53. The van der Waals surface area contributed by atoms with Crippen molar-refractivity contribution >= 4 is 5.69 Å². The second-order valence-corrected chi connectivity index (χ2v) is 4.00. The molecule has 0 fully saturated rings. The van der Waals surface area contributed by atoms with Gasteiger partial charge in [-0.3, -0.25) is 0 Å². The fourth-order valence-electron chi connectivity index (χ4n) is 1.62. The van der Waals surface area contributed by atoms with Gasteiger partial charge in [0.2, 0.25) is 5.88 Å². The van der Waals surface area contributed by atoms with Crippen molar-refractivity contribution in [2.45, 2.75) is 6.92 Å². The van der Waals surface area contributed by atoms with Crippen molar-refractivity contribution in [1.29, 1.82) is 5.26 Å². The van der Waals surface area contributed by atoms with Gasteiger partial charge in [0.25, 0.3) is 0 Å². The minimum Gasteiger partial charge on any atom is -0.497 e. The molecule has 1 aromatic heterocycles. The molecule has 0 aliphatic heterocycles. The molecule has 0 atom stereocenters. The zero-order chi connectivity index (χ0) is 13.8. The van der Waals surface area contributed by atoms with Crippen LogP contribution in [0.2, 0.25) is 0 Å². The van der Waals surface area contributed by atoms with Gasteiger partial charge in [-0.1, -0.05) is 0 Å². The summed E-state index contributed by atoms with van der Waals surface area (Å²) in [4.78, 5) is 4.11. The fourth-order valence-corrected chi connectivity index (χ4v) is 1.62. The SMILES string of the molecule is COc1cc(C#N)cc(Oc2ncc(N)cc2C)c1. The second kappa shape index (κ2) is 5.27. The van der Waals surface area contributed by atoms with Crippen LogP contribution in [0.25, 0.3) is 0 Å². The van der Waals surface area contributed by atoms with Crippen LogP contribution >= 0.6 is 0 Å². The van der Waals surface area contributed by atoms with E-state index >= 15 is 0 Å². The van der Waals surface area contributed by atoms with Gasteiger partial charge in [0.05, 0.1) is 30.6 Å². The highest BCUT2D eigenvalue weighted by atomic mass is 16.5. The van der Waals surface area contributed by atoms with Crippen LogP contribution in [0.5, 0.6) is 17.4 Å². The molecule has 5 nitrogen and oxygen atoms in total. The number of rotatable bonds is 3. The van der Waals surface area contributed by atoms with Crippen molar-refractivity contribution in [3.63, 3.8) is 0 Å². The number of aryl methyl sites for hydroxylation is 1. The molecule has 0 spiro atoms. The standard InChI is InChI=1S/C14H13N3O2/c1-9-3-11(16)8-17-14(9)19-13-5-10(7-15)4-12(6-13)18-2/h3-6,8H,16H2,1-2H3. The molecule has 1 aromatic carbocycles. The number of hydrogen-bond donors (Lipinski definition) is 1. The summed E-state index contributed by atoms with van der Waals surface area (Å²) in [6, 6.07) is 8.78. The lowest BCUT2D eigenvalue weighted by Gasteiger charge is -2.09. The predicted molar refractivity (Wildman–Crippen MR) is 71.2 cm³/mol. The van der Waals surface area contributed by atoms with Gasteiger partial charge >= 0.3 is 0 Å². The van der Waals surface area contributed by atoms with Crippen LogP contribution in [-0.4, -0.2) is 12.1 Å². The van der Waals surface area contributed by atoms with E-state index in [1.165, 1.54) is 13.3 Å². The predicted octanol–water partition coefficient (Wildman–Crippen LogP) is 2.64. The molecule has 5 heteroatoms. The van der Waals surface area contributed by atoms with Gasteiger partial charge in [0.1, 0.15) is 11.5 Å². The number of nitrogen functional groups attached to an aromatic ring is 1. The largest absolute Gasteiger partial charge is 0.497 e. The summed E-state index contributed by atoms with van der Waals surface area (Å²) in [5.74, 6) is 1.50. The van der Waals surface area contributed by atoms with E-state index in [4.69, 9.17) is 20.5 Å². The Morgan fingerprint density at radius 2 is 1.95 bits per heavy atom. The number of anilines is 1. The molecule has 0 saturated heterocycles. The van der Waals surface area contributed by atoms with E-state index in [1.807, 2.05) is 6.92 Å². The van der Waals surface area contributed by atoms with E-state index in [0.29, 0.717) is 28.6 Å². The van der Waals surface area contributed by atoms with Crippen LogP contribution in [0.3, 0.4) is 0 Å². The van der Waals surface area contributed by atoms with Crippen LogP contribution in [0.4, 0.5) is 5.69 Å². The van der Waals surface area contributed by atoms with Crippen molar-refractivity contribution in [3.8, 4) is 23.4 Å². The Hall–Kier alpha value is -2.74. The van der Waals surface area contributed by atoms with Crippen molar-refractivity contribution < 1.29 is 9.47 Å². The van der Waals surface area contributed by atoms with Gasteiger partial charge in [0.15, 0.2) is 0 Å². The normalized spacial score (nSPS) is 9.74. The summed E-state index contributed by atoms with van der Waals surface area (Å²) >= 11 is 0. The first-order valence-electron chi connectivity index (χ1n) is 5.61. The Bertz CT molecular complexity index is 648. The molecule has 0 amide bonds. The number of ether oxygens (including phenoxy) is 2. The van der Waals surface area contributed by atoms with Gasteiger partial charge < -0.3 is 15.2 Å². The molecule has 0 bridgehead atoms. The summed E-state index contributed by atoms with van der Waals surface area (Å²) in [6.07, 6.45) is 1.52. The lowest BCUT2D eigenvalue weighted by atomic mass is 10.2. The number of nitrogens with two attached hydrogens (primary N) is 1. The van der Waals surface area contributed by atoms with E-state index in [9.17, 15) is 0 Å². The first-order chi connectivity index (χ1) is 9.12. The van der Waals surface area contributed by atoms with Gasteiger partial charge in [-0.25, -0.2) is 4.98 Å². The number of benzene rings is 1. The minimum absolute atomic E-state index is 0.450. The van der Waals surface area contributed by atoms with Gasteiger partial charge in [-0.2, -0.15) is 5.26 Å². The lowest BCUT2D eigenvalue weighted by molar-refractivity contribution is 0.406.